The predicted octanol–water partition coefficient (Wildman–Crippen LogP) is 4.06. The Bertz CT molecular complexity index is 686. The first-order chi connectivity index (χ1) is 10.8. The van der Waals surface area contributed by atoms with Crippen molar-refractivity contribution in [3.63, 3.8) is 0 Å². The third kappa shape index (κ3) is 4.73. The van der Waals surface area contributed by atoms with Crippen molar-refractivity contribution < 1.29 is 14.7 Å². The normalized spacial score (nSPS) is 12.8. The fourth-order valence-electron chi connectivity index (χ4n) is 2.37. The monoisotopic (exact) mass is 331 g/mol. The second-order valence-corrected chi connectivity index (χ2v) is 7.54. The number of ketones is 1. The third-order valence-corrected chi connectivity index (χ3v) is 4.67. The Morgan fingerprint density at radius 2 is 1.87 bits per heavy atom. The average Bonchev–Trinajstić information content (AvgIpc) is 2.92. The van der Waals surface area contributed by atoms with E-state index < -0.39 is 17.3 Å². The van der Waals surface area contributed by atoms with Gasteiger partial charge in [0.1, 0.15) is 10.8 Å². The summed E-state index contributed by atoms with van der Waals surface area (Å²) in [5.74, 6) is -1.69. The summed E-state index contributed by atoms with van der Waals surface area (Å²) in [4.78, 5) is 28.1. The summed E-state index contributed by atoms with van der Waals surface area (Å²) < 4.78 is 0. The van der Waals surface area contributed by atoms with Crippen LogP contribution in [0.5, 0.6) is 0 Å². The number of carbonyl (C=O) groups is 2. The third-order valence-electron chi connectivity index (χ3n) is 3.73. The van der Waals surface area contributed by atoms with Crippen molar-refractivity contribution in [2.75, 3.05) is 0 Å². The second-order valence-electron chi connectivity index (χ2n) is 6.69. The fraction of sp³-hybridized carbons (Fsp3) is 0.389. The smallest absolute Gasteiger partial charge is 0.307 e. The summed E-state index contributed by atoms with van der Waals surface area (Å²) >= 11 is 1.50. The van der Waals surface area contributed by atoms with E-state index >= 15 is 0 Å². The molecule has 0 bridgehead atoms. The summed E-state index contributed by atoms with van der Waals surface area (Å²) in [6.45, 7) is 5.53. The number of benzene rings is 1. The number of rotatable bonds is 6. The summed E-state index contributed by atoms with van der Waals surface area (Å²) in [6, 6.07) is 9.79. The number of aliphatic carboxylic acids is 1. The first-order valence-corrected chi connectivity index (χ1v) is 8.39. The van der Waals surface area contributed by atoms with Crippen LogP contribution in [0.2, 0.25) is 0 Å². The van der Waals surface area contributed by atoms with Gasteiger partial charge in [0.15, 0.2) is 0 Å². The van der Waals surface area contributed by atoms with Gasteiger partial charge in [-0.1, -0.05) is 51.1 Å². The van der Waals surface area contributed by atoms with Gasteiger partial charge in [0.05, 0.1) is 11.6 Å². The van der Waals surface area contributed by atoms with Crippen molar-refractivity contribution in [1.29, 1.82) is 0 Å². The van der Waals surface area contributed by atoms with E-state index in [2.05, 4.69) is 4.98 Å². The molecule has 0 aliphatic carbocycles. The Morgan fingerprint density at radius 1 is 1.22 bits per heavy atom. The lowest BCUT2D eigenvalue weighted by Crippen LogP contribution is -2.31. The molecule has 2 rings (SSSR count). The Morgan fingerprint density at radius 3 is 2.43 bits per heavy atom. The summed E-state index contributed by atoms with van der Waals surface area (Å²) in [5, 5.41) is 12.1. The lowest BCUT2D eigenvalue weighted by atomic mass is 9.77. The van der Waals surface area contributed by atoms with Crippen molar-refractivity contribution in [3.05, 3.63) is 41.4 Å². The lowest BCUT2D eigenvalue weighted by Gasteiger charge is -2.26. The summed E-state index contributed by atoms with van der Waals surface area (Å²) in [7, 11) is 0. The number of thiazole rings is 1. The topological polar surface area (TPSA) is 67.3 Å². The number of carboxylic acids is 1. The maximum Gasteiger partial charge on any atom is 0.307 e. The van der Waals surface area contributed by atoms with Crippen LogP contribution in [0, 0.1) is 11.3 Å². The lowest BCUT2D eigenvalue weighted by molar-refractivity contribution is -0.147. The molecule has 23 heavy (non-hydrogen) atoms. The van der Waals surface area contributed by atoms with Gasteiger partial charge >= 0.3 is 5.97 Å². The van der Waals surface area contributed by atoms with Crippen LogP contribution in [0.25, 0.3) is 10.6 Å². The molecule has 0 saturated heterocycles. The summed E-state index contributed by atoms with van der Waals surface area (Å²) in [5.41, 5.74) is 1.28. The van der Waals surface area contributed by atoms with Gasteiger partial charge in [-0.3, -0.25) is 9.59 Å². The van der Waals surface area contributed by atoms with Crippen LogP contribution in [0.3, 0.4) is 0 Å². The standard InChI is InChI=1S/C18H21NO3S/c1-18(2,3)15(17(21)22)10-14(20)9-13-11-23-16(19-13)12-7-5-4-6-8-12/h4-8,11,15H,9-10H2,1-3H3,(H,21,22)/t15-/m1/s1. The number of nitrogens with zero attached hydrogens (tertiary/aromatic N) is 1. The summed E-state index contributed by atoms with van der Waals surface area (Å²) in [6.07, 6.45) is 0.222. The quantitative estimate of drug-likeness (QED) is 0.867. The van der Waals surface area contributed by atoms with Crippen LogP contribution in [0.1, 0.15) is 32.9 Å². The molecule has 0 amide bonds. The van der Waals surface area contributed by atoms with E-state index in [1.54, 1.807) is 0 Å². The molecule has 1 atom stereocenters. The van der Waals surface area contributed by atoms with Gasteiger partial charge in [-0.25, -0.2) is 4.98 Å². The molecule has 0 radical (unpaired) electrons. The largest absolute Gasteiger partial charge is 0.481 e. The zero-order chi connectivity index (χ0) is 17.0. The molecule has 0 fully saturated rings. The maximum atomic E-state index is 12.2. The van der Waals surface area contributed by atoms with Crippen LogP contribution in [-0.4, -0.2) is 21.8 Å². The predicted molar refractivity (Wildman–Crippen MR) is 91.5 cm³/mol. The van der Waals surface area contributed by atoms with Crippen LogP contribution >= 0.6 is 11.3 Å². The number of hydrogen-bond donors (Lipinski definition) is 1. The van der Waals surface area contributed by atoms with E-state index in [1.807, 2.05) is 56.5 Å². The first-order valence-electron chi connectivity index (χ1n) is 7.51. The molecule has 1 heterocycles. The van der Waals surface area contributed by atoms with E-state index in [0.29, 0.717) is 5.69 Å². The molecule has 122 valence electrons. The SMILES string of the molecule is CC(C)(C)[C@H](CC(=O)Cc1csc(-c2ccccc2)n1)C(=O)O. The van der Waals surface area contributed by atoms with Gasteiger partial charge in [0, 0.05) is 23.8 Å². The van der Waals surface area contributed by atoms with E-state index in [0.717, 1.165) is 10.6 Å². The molecule has 2 aromatic rings. The minimum absolute atomic E-state index is 0.0387. The van der Waals surface area contributed by atoms with Crippen molar-refractivity contribution in [1.82, 2.24) is 4.98 Å². The van der Waals surface area contributed by atoms with E-state index in [-0.39, 0.29) is 18.6 Å². The molecule has 0 aliphatic heterocycles. The number of hydrogen-bond acceptors (Lipinski definition) is 4. The van der Waals surface area contributed by atoms with Crippen molar-refractivity contribution in [2.24, 2.45) is 11.3 Å². The van der Waals surface area contributed by atoms with Crippen LogP contribution in [-0.2, 0) is 16.0 Å². The molecule has 0 spiro atoms. The number of aromatic nitrogens is 1. The molecule has 0 saturated carbocycles. The van der Waals surface area contributed by atoms with Gasteiger partial charge in [0.2, 0.25) is 0 Å². The van der Waals surface area contributed by atoms with Gasteiger partial charge < -0.3 is 5.11 Å². The Labute approximate surface area is 140 Å². The Balaban J connectivity index is 2.04. The fourth-order valence-corrected chi connectivity index (χ4v) is 3.19. The van der Waals surface area contributed by atoms with Crippen molar-refractivity contribution in [2.45, 2.75) is 33.6 Å². The van der Waals surface area contributed by atoms with Gasteiger partial charge in [-0.2, -0.15) is 0 Å². The van der Waals surface area contributed by atoms with Crippen LogP contribution in [0.15, 0.2) is 35.7 Å². The average molecular weight is 331 g/mol. The molecular formula is C18H21NO3S. The van der Waals surface area contributed by atoms with Crippen molar-refractivity contribution in [3.8, 4) is 10.6 Å². The highest BCUT2D eigenvalue weighted by Crippen LogP contribution is 2.30. The molecule has 1 N–H and O–H groups in total. The van der Waals surface area contributed by atoms with Gasteiger partial charge in [0.25, 0.3) is 0 Å². The minimum atomic E-state index is -0.922. The minimum Gasteiger partial charge on any atom is -0.481 e. The number of Topliss-reactive ketones (excluding diaryl/α,β-unsaturated/α-hetero) is 1. The molecule has 4 nitrogen and oxygen atoms in total. The van der Waals surface area contributed by atoms with E-state index in [4.69, 9.17) is 0 Å². The second kappa shape index (κ2) is 7.04. The molecule has 0 aliphatic rings. The first kappa shape index (κ1) is 17.3. The molecule has 0 unspecified atom stereocenters. The molecule has 1 aromatic heterocycles. The molecule has 5 heteroatoms. The number of carboxylic acid groups (broad SMARTS) is 1. The van der Waals surface area contributed by atoms with Crippen LogP contribution < -0.4 is 0 Å². The Kier molecular flexibility index (Phi) is 5.31. The molecular weight excluding hydrogens is 310 g/mol. The molecule has 1 aromatic carbocycles. The van der Waals surface area contributed by atoms with Gasteiger partial charge in [-0.15, -0.1) is 11.3 Å². The van der Waals surface area contributed by atoms with Crippen molar-refractivity contribution >= 4 is 23.1 Å². The Hall–Kier alpha value is -2.01. The number of carbonyl (C=O) groups excluding carboxylic acids is 1. The maximum absolute atomic E-state index is 12.2. The zero-order valence-electron chi connectivity index (χ0n) is 13.6. The van der Waals surface area contributed by atoms with E-state index in [1.165, 1.54) is 11.3 Å². The highest BCUT2D eigenvalue weighted by Gasteiger charge is 2.33. The van der Waals surface area contributed by atoms with Gasteiger partial charge in [-0.05, 0) is 5.41 Å². The highest BCUT2D eigenvalue weighted by molar-refractivity contribution is 7.13. The van der Waals surface area contributed by atoms with E-state index in [9.17, 15) is 14.7 Å². The zero-order valence-corrected chi connectivity index (χ0v) is 14.4. The van der Waals surface area contributed by atoms with Crippen LogP contribution in [0.4, 0.5) is 0 Å². The highest BCUT2D eigenvalue weighted by atomic mass is 32.1.